The summed E-state index contributed by atoms with van der Waals surface area (Å²) in [5, 5.41) is 3.37. The van der Waals surface area contributed by atoms with E-state index in [2.05, 4.69) is 30.0 Å². The number of nitrogens with zero attached hydrogens (tertiary/aromatic N) is 3. The van der Waals surface area contributed by atoms with Gasteiger partial charge in [0.25, 0.3) is 0 Å². The molecular formula is C37H48ClN3O6S. The Hall–Kier alpha value is -3.34. The third-order valence-corrected chi connectivity index (χ3v) is 9.70. The molecule has 1 aromatic heterocycles. The number of hydrogen-bond donors (Lipinski definition) is 0. The van der Waals surface area contributed by atoms with Crippen LogP contribution < -0.4 is 9.64 Å². The Morgan fingerprint density at radius 1 is 1.02 bits per heavy atom. The number of fused-ring (bicyclic) bond motifs is 1. The normalized spacial score (nSPS) is 20.1. The topological polar surface area (TPSA) is 90.4 Å². The van der Waals surface area contributed by atoms with Crippen LogP contribution in [0.1, 0.15) is 77.5 Å². The van der Waals surface area contributed by atoms with Crippen molar-refractivity contribution >= 4 is 40.1 Å². The lowest BCUT2D eigenvalue weighted by atomic mass is 9.93. The first kappa shape index (κ1) is 36.0. The molecule has 3 aromatic rings. The highest BCUT2D eigenvalue weighted by Crippen LogP contribution is 2.39. The molecule has 48 heavy (non-hydrogen) atoms. The van der Waals surface area contributed by atoms with Crippen LogP contribution in [-0.2, 0) is 32.0 Å². The van der Waals surface area contributed by atoms with Gasteiger partial charge in [-0.1, -0.05) is 42.8 Å². The fourth-order valence-electron chi connectivity index (χ4n) is 6.21. The molecule has 3 atom stereocenters. The van der Waals surface area contributed by atoms with E-state index < -0.39 is 11.2 Å². The number of hydrogen-bond acceptors (Lipinski definition) is 9. The molecule has 1 amide bonds. The summed E-state index contributed by atoms with van der Waals surface area (Å²) in [5.74, 6) is 0.179. The Bertz CT molecular complexity index is 1610. The van der Waals surface area contributed by atoms with Crippen LogP contribution in [-0.4, -0.2) is 72.5 Å². The van der Waals surface area contributed by atoms with Crippen molar-refractivity contribution < 1.29 is 28.5 Å². The van der Waals surface area contributed by atoms with Gasteiger partial charge in [-0.25, -0.2) is 9.78 Å². The molecule has 260 valence electrons. The summed E-state index contributed by atoms with van der Waals surface area (Å²) < 4.78 is 23.5. The van der Waals surface area contributed by atoms with E-state index in [1.54, 1.807) is 18.4 Å². The van der Waals surface area contributed by atoms with Gasteiger partial charge in [-0.05, 0) is 89.1 Å². The fourth-order valence-corrected chi connectivity index (χ4v) is 7.30. The zero-order chi connectivity index (χ0) is 34.8. The number of para-hydroxylation sites is 1. The molecule has 2 aromatic carbocycles. The maximum Gasteiger partial charge on any atom is 0.410 e. The molecule has 0 saturated carbocycles. The van der Waals surface area contributed by atoms with Gasteiger partial charge in [0.1, 0.15) is 23.6 Å². The molecule has 2 aliphatic rings. The van der Waals surface area contributed by atoms with Gasteiger partial charge in [0.15, 0.2) is 5.13 Å². The summed E-state index contributed by atoms with van der Waals surface area (Å²) in [6.45, 7) is 16.2. The predicted octanol–water partition coefficient (Wildman–Crippen LogP) is 8.12. The van der Waals surface area contributed by atoms with Crippen molar-refractivity contribution in [3.8, 4) is 17.0 Å². The highest BCUT2D eigenvalue weighted by Gasteiger charge is 2.38. The van der Waals surface area contributed by atoms with Crippen LogP contribution in [0, 0.1) is 5.92 Å². The van der Waals surface area contributed by atoms with E-state index in [0.29, 0.717) is 50.0 Å². The van der Waals surface area contributed by atoms with Crippen molar-refractivity contribution in [2.45, 2.75) is 91.1 Å². The number of amides is 1. The Labute approximate surface area is 293 Å². The molecule has 9 nitrogen and oxygen atoms in total. The zero-order valence-electron chi connectivity index (χ0n) is 29.3. The first-order valence-corrected chi connectivity index (χ1v) is 17.8. The molecule has 11 heteroatoms. The predicted molar refractivity (Wildman–Crippen MR) is 190 cm³/mol. The lowest BCUT2D eigenvalue weighted by Gasteiger charge is -2.37. The average molecular weight is 698 g/mol. The third kappa shape index (κ3) is 8.81. The minimum Gasteiger partial charge on any atom is -0.487 e. The lowest BCUT2D eigenvalue weighted by Crippen LogP contribution is -2.49. The molecule has 3 heterocycles. The first-order valence-electron chi connectivity index (χ1n) is 16.6. The Kier molecular flexibility index (Phi) is 11.0. The number of piperidine rings is 1. The minimum atomic E-state index is -0.545. The van der Waals surface area contributed by atoms with Gasteiger partial charge in [-0.3, -0.25) is 4.79 Å². The number of aromatic nitrogens is 1. The molecular weight excluding hydrogens is 650 g/mol. The van der Waals surface area contributed by atoms with Gasteiger partial charge in [-0.15, -0.1) is 11.3 Å². The summed E-state index contributed by atoms with van der Waals surface area (Å²) in [7, 11) is 1.64. The summed E-state index contributed by atoms with van der Waals surface area (Å²) in [6.07, 6.45) is 0.817. The molecule has 0 aliphatic carbocycles. The molecule has 0 radical (unpaired) electrons. The van der Waals surface area contributed by atoms with Crippen LogP contribution in [0.25, 0.3) is 11.3 Å². The van der Waals surface area contributed by atoms with Crippen molar-refractivity contribution in [2.75, 3.05) is 38.2 Å². The number of benzene rings is 2. The van der Waals surface area contributed by atoms with Crippen LogP contribution in [0.4, 0.5) is 9.93 Å². The summed E-state index contributed by atoms with van der Waals surface area (Å²) in [5.41, 5.74) is 3.98. The second-order valence-electron chi connectivity index (χ2n) is 14.7. The van der Waals surface area contributed by atoms with E-state index in [1.165, 1.54) is 11.1 Å². The fraction of sp³-hybridized carbons (Fsp3) is 0.541. The first-order chi connectivity index (χ1) is 22.6. The van der Waals surface area contributed by atoms with Crippen LogP contribution in [0.3, 0.4) is 0 Å². The number of carbonyl (C=O) groups is 2. The van der Waals surface area contributed by atoms with E-state index >= 15 is 0 Å². The van der Waals surface area contributed by atoms with Crippen LogP contribution in [0.5, 0.6) is 5.75 Å². The van der Waals surface area contributed by atoms with Crippen LogP contribution in [0.15, 0.2) is 41.8 Å². The molecule has 2 aliphatic heterocycles. The Morgan fingerprint density at radius 3 is 2.48 bits per heavy atom. The molecule has 1 fully saturated rings. The largest absolute Gasteiger partial charge is 0.487 e. The number of carbonyl (C=O) groups excluding carboxylic acids is 2. The molecule has 0 N–H and O–H groups in total. The number of thiazole rings is 1. The van der Waals surface area contributed by atoms with Crippen molar-refractivity contribution in [2.24, 2.45) is 5.92 Å². The SMILES string of the molecule is CO[C@H]1CN(c2nc(-c3cccc(Cl)c3OCc3ccc4c(c3)[C@@H](C)CN(C(=O)OC(C)(C)C)CC4)cs2)CC[C@H]1C(=O)OC(C)(C)C. The second-order valence-corrected chi connectivity index (χ2v) is 15.9. The number of ether oxygens (including phenoxy) is 4. The highest BCUT2D eigenvalue weighted by atomic mass is 35.5. The van der Waals surface area contributed by atoms with Crippen molar-refractivity contribution in [3.05, 3.63) is 63.5 Å². The molecule has 1 saturated heterocycles. The lowest BCUT2D eigenvalue weighted by molar-refractivity contribution is -0.165. The van der Waals surface area contributed by atoms with Crippen molar-refractivity contribution in [1.29, 1.82) is 0 Å². The molecule has 0 unspecified atom stereocenters. The number of esters is 1. The van der Waals surface area contributed by atoms with E-state index in [-0.39, 0.29) is 30.0 Å². The molecule has 5 rings (SSSR count). The van der Waals surface area contributed by atoms with Gasteiger partial charge in [0.05, 0.1) is 22.7 Å². The number of halogens is 1. The van der Waals surface area contributed by atoms with Crippen molar-refractivity contribution in [1.82, 2.24) is 9.88 Å². The number of rotatable bonds is 7. The van der Waals surface area contributed by atoms with Crippen molar-refractivity contribution in [3.63, 3.8) is 0 Å². The Balaban J connectivity index is 1.27. The maximum atomic E-state index is 12.9. The van der Waals surface area contributed by atoms with Gasteiger partial charge >= 0.3 is 12.1 Å². The number of methoxy groups -OCH3 is 1. The molecule has 0 bridgehead atoms. The van der Waals surface area contributed by atoms with Gasteiger partial charge in [-0.2, -0.15) is 0 Å². The molecule has 0 spiro atoms. The van der Waals surface area contributed by atoms with Gasteiger partial charge in [0, 0.05) is 44.2 Å². The maximum absolute atomic E-state index is 12.9. The average Bonchev–Trinajstić information content (AvgIpc) is 3.44. The van der Waals surface area contributed by atoms with Gasteiger partial charge in [0.2, 0.25) is 0 Å². The standard InChI is InChI=1S/C37H48ClN3O6S/c1-23-19-41(35(43)47-37(5,6)7)16-14-25-13-12-24(18-28(23)25)21-45-32-26(10-9-11-29(32)38)30-22-48-34(39-30)40-17-15-27(31(20-40)44-8)33(42)46-36(2,3)4/h9-13,18,22-23,27,31H,14-17,19-21H2,1-8H3/t23-,27+,31-/m0/s1. The number of anilines is 1. The van der Waals surface area contributed by atoms with E-state index in [4.69, 9.17) is 35.5 Å². The monoisotopic (exact) mass is 697 g/mol. The summed E-state index contributed by atoms with van der Waals surface area (Å²) >= 11 is 8.25. The van der Waals surface area contributed by atoms with E-state index in [9.17, 15) is 9.59 Å². The third-order valence-electron chi connectivity index (χ3n) is 8.50. The quantitative estimate of drug-likeness (QED) is 0.229. The highest BCUT2D eigenvalue weighted by molar-refractivity contribution is 7.14. The van der Waals surface area contributed by atoms with Crippen LogP contribution in [0.2, 0.25) is 5.02 Å². The minimum absolute atomic E-state index is 0.145. The van der Waals surface area contributed by atoms with Gasteiger partial charge < -0.3 is 28.7 Å². The van der Waals surface area contributed by atoms with E-state index in [0.717, 1.165) is 28.4 Å². The van der Waals surface area contributed by atoms with E-state index in [1.807, 2.05) is 70.0 Å². The zero-order valence-corrected chi connectivity index (χ0v) is 30.9. The summed E-state index contributed by atoms with van der Waals surface area (Å²) in [4.78, 5) is 34.6. The second kappa shape index (κ2) is 14.6. The van der Waals surface area contributed by atoms with Crippen LogP contribution >= 0.6 is 22.9 Å². The summed E-state index contributed by atoms with van der Waals surface area (Å²) in [6, 6.07) is 12.1. The smallest absolute Gasteiger partial charge is 0.410 e. The Morgan fingerprint density at radius 2 is 1.77 bits per heavy atom.